The fraction of sp³-hybridized carbons (Fsp3) is 0.250. The maximum atomic E-state index is 10.5. The van der Waals surface area contributed by atoms with E-state index in [0.717, 1.165) is 0 Å². The topological polar surface area (TPSA) is 68.2 Å². The minimum Gasteiger partial charge on any atom is -0.490 e. The lowest BCUT2D eigenvalue weighted by atomic mass is 10.4. The summed E-state index contributed by atoms with van der Waals surface area (Å²) in [7, 11) is 0. The first-order chi connectivity index (χ1) is 6.56. The van der Waals surface area contributed by atoms with Gasteiger partial charge in [0.25, 0.3) is 0 Å². The van der Waals surface area contributed by atoms with E-state index < -0.39 is 4.92 Å². The van der Waals surface area contributed by atoms with E-state index in [1.54, 1.807) is 6.07 Å². The number of halogens is 1. The molecule has 1 heterocycles. The van der Waals surface area contributed by atoms with Crippen molar-refractivity contribution in [1.29, 1.82) is 0 Å². The predicted molar refractivity (Wildman–Crippen MR) is 55.8 cm³/mol. The Kier molecular flexibility index (Phi) is 3.29. The van der Waals surface area contributed by atoms with Gasteiger partial charge in [-0.2, -0.15) is 0 Å². The molecular weight excluding hydrogens is 252 g/mol. The summed E-state index contributed by atoms with van der Waals surface area (Å²) in [6.07, 6.45) is 0. The number of aromatic nitrogens is 1. The number of rotatable bonds is 4. The lowest BCUT2D eigenvalue weighted by Gasteiger charge is -2.00. The molecule has 0 fully saturated rings. The number of nitro groups is 1. The SMILES string of the molecule is C=C(OCC)c1cc(Br)c([N+](=O)[O-])[nH]1. The molecule has 0 amide bonds. The molecule has 0 saturated heterocycles. The van der Waals surface area contributed by atoms with Gasteiger partial charge in [0, 0.05) is 6.07 Å². The number of nitrogens with one attached hydrogen (secondary N) is 1. The van der Waals surface area contributed by atoms with Crippen molar-refractivity contribution in [3.8, 4) is 0 Å². The zero-order valence-corrected chi connectivity index (χ0v) is 9.13. The van der Waals surface area contributed by atoms with Gasteiger partial charge in [0.1, 0.15) is 4.47 Å². The molecule has 1 N–H and O–H groups in total. The van der Waals surface area contributed by atoms with E-state index in [-0.39, 0.29) is 5.82 Å². The van der Waals surface area contributed by atoms with Crippen molar-refractivity contribution in [2.75, 3.05) is 6.61 Å². The summed E-state index contributed by atoms with van der Waals surface area (Å²) in [5.41, 5.74) is 0.505. The molecule has 76 valence electrons. The van der Waals surface area contributed by atoms with E-state index in [9.17, 15) is 10.1 Å². The Morgan fingerprint density at radius 3 is 2.93 bits per heavy atom. The van der Waals surface area contributed by atoms with Gasteiger partial charge in [0.2, 0.25) is 0 Å². The maximum absolute atomic E-state index is 10.5. The summed E-state index contributed by atoms with van der Waals surface area (Å²) in [6, 6.07) is 1.57. The molecule has 1 aromatic heterocycles. The molecule has 0 aliphatic rings. The standard InChI is InChI=1S/C8H9BrN2O3/c1-3-14-5(2)7-4-6(9)8(10-7)11(12)13/h4,10H,2-3H2,1H3. The molecule has 14 heavy (non-hydrogen) atoms. The molecular formula is C8H9BrN2O3. The highest BCUT2D eigenvalue weighted by molar-refractivity contribution is 9.10. The number of nitrogens with zero attached hydrogens (tertiary/aromatic N) is 1. The first-order valence-electron chi connectivity index (χ1n) is 3.91. The van der Waals surface area contributed by atoms with Crippen molar-refractivity contribution in [3.63, 3.8) is 0 Å². The van der Waals surface area contributed by atoms with Gasteiger partial charge in [-0.1, -0.05) is 6.58 Å². The van der Waals surface area contributed by atoms with Crippen LogP contribution in [0, 0.1) is 10.1 Å². The zero-order chi connectivity index (χ0) is 10.7. The van der Waals surface area contributed by atoms with Crippen molar-refractivity contribution >= 4 is 27.5 Å². The Morgan fingerprint density at radius 1 is 1.86 bits per heavy atom. The number of ether oxygens (including phenoxy) is 1. The van der Waals surface area contributed by atoms with Crippen LogP contribution < -0.4 is 0 Å². The second-order valence-electron chi connectivity index (χ2n) is 2.49. The number of hydrogen-bond donors (Lipinski definition) is 1. The average Bonchev–Trinajstić information content (AvgIpc) is 2.48. The fourth-order valence-corrected chi connectivity index (χ4v) is 1.43. The highest BCUT2D eigenvalue weighted by atomic mass is 79.9. The monoisotopic (exact) mass is 260 g/mol. The summed E-state index contributed by atoms with van der Waals surface area (Å²) >= 11 is 3.07. The molecule has 0 bridgehead atoms. The summed E-state index contributed by atoms with van der Waals surface area (Å²) in [6.45, 7) is 5.92. The Morgan fingerprint density at radius 2 is 2.50 bits per heavy atom. The van der Waals surface area contributed by atoms with E-state index >= 15 is 0 Å². The first kappa shape index (κ1) is 10.8. The lowest BCUT2D eigenvalue weighted by Crippen LogP contribution is -1.92. The van der Waals surface area contributed by atoms with E-state index in [4.69, 9.17) is 4.74 Å². The van der Waals surface area contributed by atoms with E-state index in [2.05, 4.69) is 27.5 Å². The summed E-state index contributed by atoms with van der Waals surface area (Å²) in [4.78, 5) is 12.6. The highest BCUT2D eigenvalue weighted by Crippen LogP contribution is 2.27. The van der Waals surface area contributed by atoms with Gasteiger partial charge in [0.15, 0.2) is 11.5 Å². The van der Waals surface area contributed by atoms with Crippen molar-refractivity contribution in [2.24, 2.45) is 0 Å². The Labute approximate surface area is 89.0 Å². The van der Waals surface area contributed by atoms with Crippen LogP contribution in [-0.2, 0) is 4.74 Å². The van der Waals surface area contributed by atoms with Gasteiger partial charge >= 0.3 is 5.82 Å². The largest absolute Gasteiger partial charge is 0.490 e. The first-order valence-corrected chi connectivity index (χ1v) is 4.70. The van der Waals surface area contributed by atoms with E-state index in [1.807, 2.05) is 6.92 Å². The fourth-order valence-electron chi connectivity index (χ4n) is 0.953. The van der Waals surface area contributed by atoms with Crippen LogP contribution in [0.1, 0.15) is 12.6 Å². The van der Waals surface area contributed by atoms with Crippen molar-refractivity contribution in [1.82, 2.24) is 4.98 Å². The highest BCUT2D eigenvalue weighted by Gasteiger charge is 2.17. The third-order valence-electron chi connectivity index (χ3n) is 1.55. The molecule has 0 aliphatic carbocycles. The van der Waals surface area contributed by atoms with Crippen LogP contribution in [0.5, 0.6) is 0 Å². The lowest BCUT2D eigenvalue weighted by molar-refractivity contribution is -0.390. The number of H-pyrrole nitrogens is 1. The van der Waals surface area contributed by atoms with Crippen molar-refractivity contribution in [3.05, 3.63) is 32.9 Å². The Balaban J connectivity index is 2.96. The predicted octanol–water partition coefficient (Wildman–Crippen LogP) is 2.69. The van der Waals surface area contributed by atoms with Crippen LogP contribution in [-0.4, -0.2) is 16.5 Å². The molecule has 6 heteroatoms. The van der Waals surface area contributed by atoms with Crippen molar-refractivity contribution < 1.29 is 9.66 Å². The molecule has 1 rings (SSSR count). The van der Waals surface area contributed by atoms with Gasteiger partial charge < -0.3 is 14.9 Å². The van der Waals surface area contributed by atoms with Gasteiger partial charge in [0.05, 0.1) is 6.61 Å². The number of aromatic amines is 1. The molecule has 0 atom stereocenters. The van der Waals surface area contributed by atoms with Crippen molar-refractivity contribution in [2.45, 2.75) is 6.92 Å². The van der Waals surface area contributed by atoms with Crippen LogP contribution in [0.15, 0.2) is 17.1 Å². The molecule has 0 spiro atoms. The molecule has 5 nitrogen and oxygen atoms in total. The van der Waals surface area contributed by atoms with Gasteiger partial charge in [-0.3, -0.25) is 0 Å². The van der Waals surface area contributed by atoms with Gasteiger partial charge in [-0.15, -0.1) is 0 Å². The van der Waals surface area contributed by atoms with Crippen LogP contribution in [0.25, 0.3) is 5.76 Å². The van der Waals surface area contributed by atoms with Crippen LogP contribution in [0.3, 0.4) is 0 Å². The third kappa shape index (κ3) is 2.14. The Hall–Kier alpha value is -1.30. The second kappa shape index (κ2) is 4.28. The summed E-state index contributed by atoms with van der Waals surface area (Å²) in [5, 5.41) is 10.5. The van der Waals surface area contributed by atoms with E-state index in [0.29, 0.717) is 22.5 Å². The molecule has 0 radical (unpaired) electrons. The van der Waals surface area contributed by atoms with Crippen LogP contribution in [0.4, 0.5) is 5.82 Å². The minimum atomic E-state index is -0.507. The van der Waals surface area contributed by atoms with Crippen LogP contribution in [0.2, 0.25) is 0 Å². The molecule has 0 saturated carbocycles. The molecule has 0 aromatic carbocycles. The quantitative estimate of drug-likeness (QED) is 0.514. The molecule has 1 aromatic rings. The summed E-state index contributed by atoms with van der Waals surface area (Å²) in [5.74, 6) is 0.294. The van der Waals surface area contributed by atoms with E-state index in [1.165, 1.54) is 0 Å². The minimum absolute atomic E-state index is 0.0964. The smallest absolute Gasteiger partial charge is 0.335 e. The van der Waals surface area contributed by atoms with Gasteiger partial charge in [-0.05, 0) is 27.8 Å². The molecule has 0 unspecified atom stereocenters. The Bertz CT molecular complexity index is 373. The van der Waals surface area contributed by atoms with Crippen LogP contribution >= 0.6 is 15.9 Å². The number of hydrogen-bond acceptors (Lipinski definition) is 3. The maximum Gasteiger partial charge on any atom is 0.335 e. The molecule has 0 aliphatic heterocycles. The van der Waals surface area contributed by atoms with Gasteiger partial charge in [-0.25, -0.2) is 4.98 Å². The average molecular weight is 261 g/mol. The third-order valence-corrected chi connectivity index (χ3v) is 2.16. The zero-order valence-electron chi connectivity index (χ0n) is 7.54. The second-order valence-corrected chi connectivity index (χ2v) is 3.35. The summed E-state index contributed by atoms with van der Waals surface area (Å²) < 4.78 is 5.49. The normalized spacial score (nSPS) is 9.86.